The van der Waals surface area contributed by atoms with Gasteiger partial charge in [0, 0.05) is 49.0 Å². The highest BCUT2D eigenvalue weighted by Crippen LogP contribution is 2.33. The molecule has 0 spiro atoms. The molecule has 2 fully saturated rings. The van der Waals surface area contributed by atoms with Crippen LogP contribution in [0.2, 0.25) is 0 Å². The second-order valence-electron chi connectivity index (χ2n) is 9.70. The second kappa shape index (κ2) is 9.02. The maximum atomic E-state index is 13.7. The van der Waals surface area contributed by atoms with E-state index in [2.05, 4.69) is 34.2 Å². The van der Waals surface area contributed by atoms with E-state index in [0.717, 1.165) is 54.7 Å². The number of carbonyl (C=O) groups excluding carboxylic acids is 2. The van der Waals surface area contributed by atoms with Gasteiger partial charge in [0.2, 0.25) is 5.91 Å². The Kier molecular flexibility index (Phi) is 5.57. The lowest BCUT2D eigenvalue weighted by molar-refractivity contribution is -0.131. The maximum Gasteiger partial charge on any atom is 0.258 e. The lowest BCUT2D eigenvalue weighted by Gasteiger charge is -2.26. The monoisotopic (exact) mass is 464 g/mol. The number of rotatable bonds is 6. The van der Waals surface area contributed by atoms with Crippen molar-refractivity contribution in [1.82, 2.24) is 14.9 Å². The van der Waals surface area contributed by atoms with Gasteiger partial charge in [-0.3, -0.25) is 14.6 Å². The summed E-state index contributed by atoms with van der Waals surface area (Å²) in [6, 6.07) is 20.0. The van der Waals surface area contributed by atoms with Gasteiger partial charge in [-0.25, -0.2) is 0 Å². The Morgan fingerprint density at radius 2 is 1.83 bits per heavy atom. The number of aromatic nitrogens is 2. The van der Waals surface area contributed by atoms with E-state index in [0.29, 0.717) is 18.0 Å². The summed E-state index contributed by atoms with van der Waals surface area (Å²) in [5.74, 6) is 0.742. The third-order valence-corrected chi connectivity index (χ3v) is 7.19. The topological polar surface area (TPSA) is 69.3 Å². The molecule has 1 unspecified atom stereocenters. The van der Waals surface area contributed by atoms with Crippen LogP contribution in [0.25, 0.3) is 22.0 Å². The van der Waals surface area contributed by atoms with E-state index in [1.54, 1.807) is 12.4 Å². The molecule has 1 aliphatic carbocycles. The smallest absolute Gasteiger partial charge is 0.258 e. The molecule has 2 aliphatic rings. The van der Waals surface area contributed by atoms with Crippen LogP contribution in [0.1, 0.15) is 29.6 Å². The van der Waals surface area contributed by atoms with Crippen LogP contribution in [0.5, 0.6) is 0 Å². The van der Waals surface area contributed by atoms with Crippen molar-refractivity contribution >= 4 is 28.4 Å². The number of likely N-dealkylation sites (tertiary alicyclic amines) is 1. The summed E-state index contributed by atoms with van der Waals surface area (Å²) in [5.41, 5.74) is 4.69. The minimum Gasteiger partial charge on any atom is -0.361 e. The number of anilines is 1. The summed E-state index contributed by atoms with van der Waals surface area (Å²) in [7, 11) is 0. The third kappa shape index (κ3) is 4.44. The van der Waals surface area contributed by atoms with Crippen LogP contribution >= 0.6 is 0 Å². The molecule has 1 atom stereocenters. The molecular formula is C29H28N4O2. The summed E-state index contributed by atoms with van der Waals surface area (Å²) < 4.78 is 0. The molecule has 0 radical (unpaired) electrons. The molecule has 35 heavy (non-hydrogen) atoms. The van der Waals surface area contributed by atoms with Gasteiger partial charge in [0.1, 0.15) is 0 Å². The summed E-state index contributed by atoms with van der Waals surface area (Å²) >= 11 is 0. The molecule has 2 aromatic heterocycles. The zero-order valence-corrected chi connectivity index (χ0v) is 19.6. The molecule has 3 heterocycles. The Balaban J connectivity index is 1.21. The van der Waals surface area contributed by atoms with E-state index < -0.39 is 0 Å². The number of amides is 2. The van der Waals surface area contributed by atoms with Crippen LogP contribution in [0.4, 0.5) is 5.69 Å². The fourth-order valence-electron chi connectivity index (χ4n) is 5.04. The molecule has 6 rings (SSSR count). The van der Waals surface area contributed by atoms with Gasteiger partial charge in [0.05, 0.1) is 11.9 Å². The van der Waals surface area contributed by atoms with Crippen molar-refractivity contribution in [2.24, 2.45) is 11.8 Å². The first-order chi connectivity index (χ1) is 17.2. The average molecular weight is 465 g/mol. The van der Waals surface area contributed by atoms with Crippen LogP contribution in [0.3, 0.4) is 0 Å². The first-order valence-electron chi connectivity index (χ1n) is 12.3. The highest BCUT2D eigenvalue weighted by molar-refractivity contribution is 6.06. The predicted octanol–water partition coefficient (Wildman–Crippen LogP) is 5.14. The van der Waals surface area contributed by atoms with Crippen LogP contribution in [0.15, 0.2) is 79.3 Å². The van der Waals surface area contributed by atoms with E-state index in [-0.39, 0.29) is 17.7 Å². The molecule has 176 valence electrons. The minimum atomic E-state index is -0.0451. The molecule has 1 N–H and O–H groups in total. The normalized spacial score (nSPS) is 17.6. The Labute approximate surface area is 204 Å². The van der Waals surface area contributed by atoms with Gasteiger partial charge in [-0.15, -0.1) is 0 Å². The lowest BCUT2D eigenvalue weighted by atomic mass is 10.0. The van der Waals surface area contributed by atoms with Gasteiger partial charge in [0.15, 0.2) is 0 Å². The second-order valence-corrected chi connectivity index (χ2v) is 9.70. The average Bonchev–Trinajstić information content (AvgIpc) is 3.46. The number of hydrogen-bond donors (Lipinski definition) is 1. The number of aromatic amines is 1. The number of hydrogen-bond acceptors (Lipinski definition) is 3. The number of carbonyl (C=O) groups is 2. The predicted molar refractivity (Wildman–Crippen MR) is 137 cm³/mol. The summed E-state index contributed by atoms with van der Waals surface area (Å²) in [6.45, 7) is 2.08. The Morgan fingerprint density at radius 1 is 1.00 bits per heavy atom. The first kappa shape index (κ1) is 21.6. The zero-order valence-electron chi connectivity index (χ0n) is 19.6. The Bertz CT molecular complexity index is 1360. The quantitative estimate of drug-likeness (QED) is 0.430. The SMILES string of the molecule is O=C(C1CC1)N1CCC(CN(C(=O)c2ccc(-c3ccc4cc[nH]c4c3)cc2)c2cccnc2)C1. The number of nitrogens with zero attached hydrogens (tertiary/aromatic N) is 3. The fraction of sp³-hybridized carbons (Fsp3) is 0.276. The molecule has 2 amide bonds. The molecule has 1 saturated carbocycles. The van der Waals surface area contributed by atoms with E-state index in [4.69, 9.17) is 0 Å². The number of nitrogens with one attached hydrogen (secondary N) is 1. The van der Waals surface area contributed by atoms with Gasteiger partial charge in [0.25, 0.3) is 5.91 Å². The lowest BCUT2D eigenvalue weighted by Crippen LogP contribution is -2.37. The number of fused-ring (bicyclic) bond motifs is 1. The van der Waals surface area contributed by atoms with Crippen LogP contribution in [-0.4, -0.2) is 46.3 Å². The summed E-state index contributed by atoms with van der Waals surface area (Å²) in [5, 5.41) is 1.18. The van der Waals surface area contributed by atoms with Crippen molar-refractivity contribution in [1.29, 1.82) is 0 Å². The Hall–Kier alpha value is -3.93. The highest BCUT2D eigenvalue weighted by atomic mass is 16.2. The molecular weight excluding hydrogens is 436 g/mol. The van der Waals surface area contributed by atoms with Crippen LogP contribution in [0, 0.1) is 11.8 Å². The van der Waals surface area contributed by atoms with Crippen molar-refractivity contribution in [3.05, 3.63) is 84.8 Å². The highest BCUT2D eigenvalue weighted by Gasteiger charge is 2.37. The van der Waals surface area contributed by atoms with Gasteiger partial charge in [-0.2, -0.15) is 0 Å². The van der Waals surface area contributed by atoms with E-state index >= 15 is 0 Å². The molecule has 1 saturated heterocycles. The molecule has 4 aromatic rings. The van der Waals surface area contributed by atoms with Gasteiger partial charge in [-0.05, 0) is 78.1 Å². The number of benzene rings is 2. The van der Waals surface area contributed by atoms with Crippen molar-refractivity contribution in [3.8, 4) is 11.1 Å². The molecule has 6 heteroatoms. The van der Waals surface area contributed by atoms with Gasteiger partial charge in [-0.1, -0.05) is 24.3 Å². The van der Waals surface area contributed by atoms with Crippen molar-refractivity contribution in [2.75, 3.05) is 24.5 Å². The van der Waals surface area contributed by atoms with Crippen molar-refractivity contribution in [3.63, 3.8) is 0 Å². The fourth-order valence-corrected chi connectivity index (χ4v) is 5.04. The third-order valence-electron chi connectivity index (χ3n) is 7.19. The van der Waals surface area contributed by atoms with Crippen LogP contribution < -0.4 is 4.90 Å². The summed E-state index contributed by atoms with van der Waals surface area (Å²) in [4.78, 5) is 37.5. The standard InChI is InChI=1S/C29H28N4O2/c34-28(23-8-9-23)32-15-12-20(18-32)19-33(26-2-1-13-30-17-26)29(35)24-6-3-21(4-7-24)25-10-5-22-11-14-31-27(22)16-25/h1-7,10-11,13-14,16-17,20,23,31H,8-9,12,15,18-19H2. The number of H-pyrrole nitrogens is 1. The van der Waals surface area contributed by atoms with Crippen LogP contribution in [-0.2, 0) is 4.79 Å². The number of pyridine rings is 1. The van der Waals surface area contributed by atoms with Crippen molar-refractivity contribution < 1.29 is 9.59 Å². The maximum absolute atomic E-state index is 13.7. The Morgan fingerprint density at radius 3 is 2.60 bits per heavy atom. The van der Waals surface area contributed by atoms with Crippen molar-refractivity contribution in [2.45, 2.75) is 19.3 Å². The largest absolute Gasteiger partial charge is 0.361 e. The van der Waals surface area contributed by atoms with E-state index in [1.165, 1.54) is 5.39 Å². The van der Waals surface area contributed by atoms with E-state index in [9.17, 15) is 9.59 Å². The minimum absolute atomic E-state index is 0.0451. The summed E-state index contributed by atoms with van der Waals surface area (Å²) in [6.07, 6.45) is 8.36. The zero-order chi connectivity index (χ0) is 23.8. The van der Waals surface area contributed by atoms with Gasteiger partial charge >= 0.3 is 0 Å². The molecule has 2 aromatic carbocycles. The molecule has 0 bridgehead atoms. The van der Waals surface area contributed by atoms with Gasteiger partial charge < -0.3 is 14.8 Å². The first-order valence-corrected chi connectivity index (χ1v) is 12.3. The molecule has 1 aliphatic heterocycles. The molecule has 6 nitrogen and oxygen atoms in total. The van der Waals surface area contributed by atoms with E-state index in [1.807, 2.05) is 52.4 Å².